The molecule has 1 N–H and O–H groups in total. The van der Waals surface area contributed by atoms with Crippen molar-refractivity contribution in [2.24, 2.45) is 0 Å². The molecule has 7 heteroatoms. The Hall–Kier alpha value is -2.54. The number of nitrogens with zero attached hydrogens (tertiary/aromatic N) is 1. The third-order valence-corrected chi connectivity index (χ3v) is 4.81. The number of nitrogens with one attached hydrogen (secondary N) is 1. The Labute approximate surface area is 148 Å². The van der Waals surface area contributed by atoms with Crippen molar-refractivity contribution in [1.82, 2.24) is 5.32 Å². The minimum Gasteiger partial charge on any atom is -0.495 e. The molecule has 0 aliphatic heterocycles. The molecule has 2 rings (SSSR count). The maximum Gasteiger partial charge on any atom is 0.251 e. The summed E-state index contributed by atoms with van der Waals surface area (Å²) in [5, 5.41) is 2.75. The largest absolute Gasteiger partial charge is 0.495 e. The van der Waals surface area contributed by atoms with Crippen LogP contribution < -0.4 is 14.4 Å². The van der Waals surface area contributed by atoms with Gasteiger partial charge in [0.05, 0.1) is 25.6 Å². The number of benzene rings is 2. The molecule has 0 fully saturated rings. The van der Waals surface area contributed by atoms with E-state index >= 15 is 0 Å². The van der Waals surface area contributed by atoms with Gasteiger partial charge in [0.1, 0.15) is 5.75 Å². The number of ether oxygens (including phenoxy) is 1. The maximum atomic E-state index is 12.2. The molecule has 0 saturated carbocycles. The number of rotatable bonds is 7. The molecule has 2 aromatic carbocycles. The molecule has 0 aliphatic carbocycles. The van der Waals surface area contributed by atoms with Crippen LogP contribution in [0.25, 0.3) is 0 Å². The minimum absolute atomic E-state index is 0.108. The Morgan fingerprint density at radius 1 is 1.16 bits per heavy atom. The number of para-hydroxylation sites is 2. The summed E-state index contributed by atoms with van der Waals surface area (Å²) >= 11 is 0. The van der Waals surface area contributed by atoms with Crippen molar-refractivity contribution in [3.63, 3.8) is 0 Å². The predicted molar refractivity (Wildman–Crippen MR) is 98.7 cm³/mol. The smallest absolute Gasteiger partial charge is 0.251 e. The number of carbonyl (C=O) groups is 1. The summed E-state index contributed by atoms with van der Waals surface area (Å²) in [6.07, 6.45) is 1.13. The Bertz CT molecular complexity index is 850. The molecule has 0 radical (unpaired) electrons. The Morgan fingerprint density at radius 2 is 1.88 bits per heavy atom. The quantitative estimate of drug-likeness (QED) is 0.819. The zero-order chi connectivity index (χ0) is 18.4. The third-order valence-electron chi connectivity index (χ3n) is 3.63. The van der Waals surface area contributed by atoms with Crippen LogP contribution in [-0.4, -0.2) is 40.8 Å². The first-order chi connectivity index (χ1) is 11.8. The first kappa shape index (κ1) is 18.8. The topological polar surface area (TPSA) is 75.7 Å². The first-order valence-electron chi connectivity index (χ1n) is 7.78. The van der Waals surface area contributed by atoms with E-state index in [1.165, 1.54) is 11.4 Å². The lowest BCUT2D eigenvalue weighted by molar-refractivity contribution is 0.0954. The number of sulfonamides is 1. The van der Waals surface area contributed by atoms with Crippen LogP contribution >= 0.6 is 0 Å². The summed E-state index contributed by atoms with van der Waals surface area (Å²) in [6.45, 7) is 2.19. The van der Waals surface area contributed by atoms with E-state index in [4.69, 9.17) is 4.74 Å². The van der Waals surface area contributed by atoms with Gasteiger partial charge in [0.15, 0.2) is 0 Å². The fraction of sp³-hybridized carbons (Fsp3) is 0.278. The molecular weight excluding hydrogens is 340 g/mol. The average Bonchev–Trinajstić information content (AvgIpc) is 2.57. The van der Waals surface area contributed by atoms with E-state index in [2.05, 4.69) is 5.32 Å². The average molecular weight is 362 g/mol. The second-order valence-electron chi connectivity index (χ2n) is 5.63. The number of amides is 1. The van der Waals surface area contributed by atoms with Crippen LogP contribution in [0.15, 0.2) is 48.5 Å². The van der Waals surface area contributed by atoms with Gasteiger partial charge in [-0.3, -0.25) is 9.10 Å². The molecular formula is C18H22N2O4S. The van der Waals surface area contributed by atoms with Crippen molar-refractivity contribution < 1.29 is 17.9 Å². The number of hydrogen-bond acceptors (Lipinski definition) is 4. The van der Waals surface area contributed by atoms with E-state index in [0.717, 1.165) is 11.8 Å². The predicted octanol–water partition coefficient (Wildman–Crippen LogP) is 2.20. The van der Waals surface area contributed by atoms with Gasteiger partial charge in [0, 0.05) is 12.1 Å². The third kappa shape index (κ3) is 4.96. The van der Waals surface area contributed by atoms with Crippen LogP contribution in [0.5, 0.6) is 5.75 Å². The van der Waals surface area contributed by atoms with Crippen LogP contribution in [0, 0.1) is 6.92 Å². The summed E-state index contributed by atoms with van der Waals surface area (Å²) in [7, 11) is -2.03. The van der Waals surface area contributed by atoms with Gasteiger partial charge in [-0.05, 0) is 31.2 Å². The highest BCUT2D eigenvalue weighted by Gasteiger charge is 2.20. The molecule has 0 aromatic heterocycles. The second-order valence-corrected chi connectivity index (χ2v) is 7.54. The van der Waals surface area contributed by atoms with E-state index in [1.54, 1.807) is 36.4 Å². The normalized spacial score (nSPS) is 11.0. The highest BCUT2D eigenvalue weighted by Crippen LogP contribution is 2.29. The van der Waals surface area contributed by atoms with Crippen molar-refractivity contribution in [3.05, 3.63) is 59.7 Å². The SMILES string of the molecule is COc1ccccc1N(CCNC(=O)c1cccc(C)c1)S(C)(=O)=O. The standard InChI is InChI=1S/C18H22N2O4S/c1-14-7-6-8-15(13-14)18(21)19-11-12-20(25(3,22)23)16-9-4-5-10-17(16)24-2/h4-10,13H,11-12H2,1-3H3,(H,19,21). The molecule has 0 unspecified atom stereocenters. The molecule has 0 spiro atoms. The Morgan fingerprint density at radius 3 is 2.52 bits per heavy atom. The molecule has 0 aliphatic rings. The van der Waals surface area contributed by atoms with E-state index in [0.29, 0.717) is 17.0 Å². The van der Waals surface area contributed by atoms with Gasteiger partial charge in [-0.15, -0.1) is 0 Å². The van der Waals surface area contributed by atoms with Gasteiger partial charge in [-0.2, -0.15) is 0 Å². The number of carbonyl (C=O) groups excluding carboxylic acids is 1. The van der Waals surface area contributed by atoms with E-state index < -0.39 is 10.0 Å². The summed E-state index contributed by atoms with van der Waals surface area (Å²) in [4.78, 5) is 12.2. The van der Waals surface area contributed by atoms with Crippen molar-refractivity contribution in [2.45, 2.75) is 6.92 Å². The van der Waals surface area contributed by atoms with Crippen LogP contribution in [0.3, 0.4) is 0 Å². The monoisotopic (exact) mass is 362 g/mol. The molecule has 0 bridgehead atoms. The summed E-state index contributed by atoms with van der Waals surface area (Å²) in [5.41, 5.74) is 1.97. The first-order valence-corrected chi connectivity index (χ1v) is 9.63. The van der Waals surface area contributed by atoms with Crippen LogP contribution in [-0.2, 0) is 10.0 Å². The maximum absolute atomic E-state index is 12.2. The lowest BCUT2D eigenvalue weighted by atomic mass is 10.1. The lowest BCUT2D eigenvalue weighted by Gasteiger charge is -2.24. The summed E-state index contributed by atoms with van der Waals surface area (Å²) in [6, 6.07) is 14.1. The highest BCUT2D eigenvalue weighted by atomic mass is 32.2. The van der Waals surface area contributed by atoms with E-state index in [1.807, 2.05) is 19.1 Å². The number of aryl methyl sites for hydroxylation is 1. The van der Waals surface area contributed by atoms with Gasteiger partial charge in [0.25, 0.3) is 5.91 Å². The molecule has 0 saturated heterocycles. The molecule has 134 valence electrons. The van der Waals surface area contributed by atoms with Gasteiger partial charge in [-0.25, -0.2) is 8.42 Å². The van der Waals surface area contributed by atoms with Gasteiger partial charge in [-0.1, -0.05) is 29.8 Å². The Balaban J connectivity index is 2.10. The summed E-state index contributed by atoms with van der Waals surface area (Å²) < 4.78 is 30.8. The van der Waals surface area contributed by atoms with Crippen molar-refractivity contribution in [3.8, 4) is 5.75 Å². The molecule has 0 atom stereocenters. The number of methoxy groups -OCH3 is 1. The van der Waals surface area contributed by atoms with Crippen molar-refractivity contribution in [1.29, 1.82) is 0 Å². The molecule has 2 aromatic rings. The van der Waals surface area contributed by atoms with Crippen LogP contribution in [0.4, 0.5) is 5.69 Å². The molecule has 25 heavy (non-hydrogen) atoms. The number of hydrogen-bond donors (Lipinski definition) is 1. The molecule has 6 nitrogen and oxygen atoms in total. The minimum atomic E-state index is -3.52. The van der Waals surface area contributed by atoms with Crippen LogP contribution in [0.2, 0.25) is 0 Å². The highest BCUT2D eigenvalue weighted by molar-refractivity contribution is 7.92. The number of anilines is 1. The van der Waals surface area contributed by atoms with E-state index in [-0.39, 0.29) is 19.0 Å². The Kier molecular flexibility index (Phi) is 6.03. The fourth-order valence-corrected chi connectivity index (χ4v) is 3.39. The van der Waals surface area contributed by atoms with Crippen molar-refractivity contribution >= 4 is 21.6 Å². The van der Waals surface area contributed by atoms with Gasteiger partial charge in [0.2, 0.25) is 10.0 Å². The van der Waals surface area contributed by atoms with Crippen LogP contribution in [0.1, 0.15) is 15.9 Å². The van der Waals surface area contributed by atoms with Gasteiger partial charge >= 0.3 is 0 Å². The van der Waals surface area contributed by atoms with Gasteiger partial charge < -0.3 is 10.1 Å². The second kappa shape index (κ2) is 8.02. The zero-order valence-electron chi connectivity index (χ0n) is 14.5. The lowest BCUT2D eigenvalue weighted by Crippen LogP contribution is -2.38. The zero-order valence-corrected chi connectivity index (χ0v) is 15.3. The molecule has 0 heterocycles. The molecule has 1 amide bonds. The fourth-order valence-electron chi connectivity index (χ4n) is 2.46. The van der Waals surface area contributed by atoms with E-state index in [9.17, 15) is 13.2 Å². The summed E-state index contributed by atoms with van der Waals surface area (Å²) in [5.74, 6) is 0.218. The van der Waals surface area contributed by atoms with Crippen molar-refractivity contribution in [2.75, 3.05) is 30.8 Å².